The van der Waals surface area contributed by atoms with Crippen molar-refractivity contribution in [3.05, 3.63) is 35.9 Å². The van der Waals surface area contributed by atoms with Gasteiger partial charge >= 0.3 is 5.97 Å². The predicted octanol–water partition coefficient (Wildman–Crippen LogP) is 0.661. The summed E-state index contributed by atoms with van der Waals surface area (Å²) >= 11 is 0. The third kappa shape index (κ3) is 2.59. The van der Waals surface area contributed by atoms with Crippen molar-refractivity contribution in [1.29, 1.82) is 0 Å². The Morgan fingerprint density at radius 3 is 2.75 bits per heavy atom. The minimum Gasteiger partial charge on any atom is -0.464 e. The van der Waals surface area contributed by atoms with Gasteiger partial charge in [0.2, 0.25) is 5.91 Å². The van der Waals surface area contributed by atoms with Crippen LogP contribution in [0.5, 0.6) is 0 Å². The average Bonchev–Trinajstić information content (AvgIpc) is 2.66. The Morgan fingerprint density at radius 1 is 1.38 bits per heavy atom. The molecule has 16 heavy (non-hydrogen) atoms. The summed E-state index contributed by atoms with van der Waals surface area (Å²) in [7, 11) is 0. The number of benzene rings is 1. The standard InChI is InChI=1S/C12H13NO3/c14-11(8-9-4-2-1-3-5-9)13-10-6-7-16-12(10)15/h1-5,10H,6-8H2,(H,13,14)/t10-/m0/s1. The van der Waals surface area contributed by atoms with Gasteiger partial charge < -0.3 is 10.1 Å². The van der Waals surface area contributed by atoms with Crippen molar-refractivity contribution in [3.8, 4) is 0 Å². The average molecular weight is 219 g/mol. The zero-order chi connectivity index (χ0) is 11.4. The monoisotopic (exact) mass is 219 g/mol. The van der Waals surface area contributed by atoms with Crippen molar-refractivity contribution in [1.82, 2.24) is 5.32 Å². The van der Waals surface area contributed by atoms with Crippen molar-refractivity contribution < 1.29 is 14.3 Å². The van der Waals surface area contributed by atoms with Crippen LogP contribution in [0.3, 0.4) is 0 Å². The summed E-state index contributed by atoms with van der Waals surface area (Å²) in [5.74, 6) is -0.475. The van der Waals surface area contributed by atoms with Crippen LogP contribution in [-0.4, -0.2) is 24.5 Å². The molecule has 1 atom stereocenters. The Bertz CT molecular complexity index is 389. The molecular formula is C12H13NO3. The van der Waals surface area contributed by atoms with Crippen LogP contribution in [0.15, 0.2) is 30.3 Å². The van der Waals surface area contributed by atoms with E-state index in [0.29, 0.717) is 19.4 Å². The summed E-state index contributed by atoms with van der Waals surface area (Å²) < 4.78 is 4.76. The molecule has 0 aliphatic carbocycles. The number of carbonyl (C=O) groups excluding carboxylic acids is 2. The van der Waals surface area contributed by atoms with E-state index in [4.69, 9.17) is 4.74 Å². The number of hydrogen-bond acceptors (Lipinski definition) is 3. The number of hydrogen-bond donors (Lipinski definition) is 1. The minimum atomic E-state index is -0.462. The van der Waals surface area contributed by atoms with Crippen LogP contribution in [0.25, 0.3) is 0 Å². The van der Waals surface area contributed by atoms with Crippen LogP contribution in [0.1, 0.15) is 12.0 Å². The molecule has 2 rings (SSSR count). The summed E-state index contributed by atoms with van der Waals surface area (Å²) in [6.07, 6.45) is 0.865. The first-order chi connectivity index (χ1) is 7.75. The van der Waals surface area contributed by atoms with E-state index in [1.54, 1.807) is 0 Å². The second kappa shape index (κ2) is 4.79. The molecule has 4 heteroatoms. The summed E-state index contributed by atoms with van der Waals surface area (Å²) in [5.41, 5.74) is 0.936. The SMILES string of the molecule is O=C(Cc1ccccc1)N[C@H]1CCOC1=O. The fraction of sp³-hybridized carbons (Fsp3) is 0.333. The number of esters is 1. The van der Waals surface area contributed by atoms with E-state index in [0.717, 1.165) is 5.56 Å². The van der Waals surface area contributed by atoms with Crippen LogP contribution < -0.4 is 5.32 Å². The van der Waals surface area contributed by atoms with Gasteiger partial charge in [-0.25, -0.2) is 4.79 Å². The molecule has 84 valence electrons. The molecule has 1 heterocycles. The van der Waals surface area contributed by atoms with E-state index in [-0.39, 0.29) is 11.9 Å². The maximum Gasteiger partial charge on any atom is 0.328 e. The highest BCUT2D eigenvalue weighted by molar-refractivity contribution is 5.86. The first kappa shape index (κ1) is 10.7. The van der Waals surface area contributed by atoms with Gasteiger partial charge in [-0.1, -0.05) is 30.3 Å². The van der Waals surface area contributed by atoms with E-state index < -0.39 is 6.04 Å². The number of carbonyl (C=O) groups is 2. The molecule has 1 aromatic carbocycles. The topological polar surface area (TPSA) is 55.4 Å². The van der Waals surface area contributed by atoms with E-state index in [2.05, 4.69) is 5.32 Å². The molecule has 0 aromatic heterocycles. The van der Waals surface area contributed by atoms with Gasteiger partial charge in [0, 0.05) is 6.42 Å². The number of amides is 1. The summed E-state index contributed by atoms with van der Waals surface area (Å²) in [6.45, 7) is 0.398. The molecule has 1 saturated heterocycles. The lowest BCUT2D eigenvalue weighted by Crippen LogP contribution is -2.38. The summed E-state index contributed by atoms with van der Waals surface area (Å²) in [6, 6.07) is 8.96. The second-order valence-electron chi connectivity index (χ2n) is 3.74. The lowest BCUT2D eigenvalue weighted by atomic mass is 10.1. The van der Waals surface area contributed by atoms with Gasteiger partial charge in [0.25, 0.3) is 0 Å². The Balaban J connectivity index is 1.87. The van der Waals surface area contributed by atoms with Gasteiger partial charge in [-0.3, -0.25) is 4.79 Å². The third-order valence-corrected chi connectivity index (χ3v) is 2.48. The molecule has 0 spiro atoms. The number of ether oxygens (including phenoxy) is 1. The van der Waals surface area contributed by atoms with Crippen molar-refractivity contribution in [2.45, 2.75) is 18.9 Å². The van der Waals surface area contributed by atoms with E-state index in [1.807, 2.05) is 30.3 Å². The molecule has 0 saturated carbocycles. The molecule has 1 N–H and O–H groups in total. The molecule has 1 amide bonds. The second-order valence-corrected chi connectivity index (χ2v) is 3.74. The van der Waals surface area contributed by atoms with Gasteiger partial charge in [-0.2, -0.15) is 0 Å². The Labute approximate surface area is 93.6 Å². The fourth-order valence-corrected chi connectivity index (χ4v) is 1.65. The zero-order valence-corrected chi connectivity index (χ0v) is 8.81. The molecular weight excluding hydrogens is 206 g/mol. The zero-order valence-electron chi connectivity index (χ0n) is 8.81. The van der Waals surface area contributed by atoms with Crippen LogP contribution >= 0.6 is 0 Å². The Morgan fingerprint density at radius 2 is 2.12 bits per heavy atom. The molecule has 4 nitrogen and oxygen atoms in total. The van der Waals surface area contributed by atoms with Crippen molar-refractivity contribution in [3.63, 3.8) is 0 Å². The van der Waals surface area contributed by atoms with Crippen LogP contribution in [0.4, 0.5) is 0 Å². The van der Waals surface area contributed by atoms with Gasteiger partial charge in [0.15, 0.2) is 0 Å². The van der Waals surface area contributed by atoms with Crippen LogP contribution in [-0.2, 0) is 20.7 Å². The van der Waals surface area contributed by atoms with E-state index >= 15 is 0 Å². The molecule has 0 unspecified atom stereocenters. The molecule has 1 aromatic rings. The summed E-state index contributed by atoms with van der Waals surface area (Å²) in [4.78, 5) is 22.7. The first-order valence-electron chi connectivity index (χ1n) is 5.25. The van der Waals surface area contributed by atoms with Crippen LogP contribution in [0.2, 0.25) is 0 Å². The third-order valence-electron chi connectivity index (χ3n) is 2.48. The highest BCUT2D eigenvalue weighted by atomic mass is 16.5. The van der Waals surface area contributed by atoms with Gasteiger partial charge in [-0.15, -0.1) is 0 Å². The number of rotatable bonds is 3. The predicted molar refractivity (Wildman–Crippen MR) is 57.7 cm³/mol. The van der Waals surface area contributed by atoms with Crippen molar-refractivity contribution >= 4 is 11.9 Å². The van der Waals surface area contributed by atoms with E-state index in [9.17, 15) is 9.59 Å². The lowest BCUT2D eigenvalue weighted by molar-refractivity contribution is -0.141. The Kier molecular flexibility index (Phi) is 3.19. The number of nitrogens with one attached hydrogen (secondary N) is 1. The molecule has 0 bridgehead atoms. The number of cyclic esters (lactones) is 1. The van der Waals surface area contributed by atoms with Crippen LogP contribution in [0, 0.1) is 0 Å². The maximum atomic E-state index is 11.6. The van der Waals surface area contributed by atoms with Gasteiger partial charge in [0.05, 0.1) is 13.0 Å². The Hall–Kier alpha value is -1.84. The molecule has 1 aliphatic heterocycles. The molecule has 0 radical (unpaired) electrons. The van der Waals surface area contributed by atoms with E-state index in [1.165, 1.54) is 0 Å². The highest BCUT2D eigenvalue weighted by Crippen LogP contribution is 2.06. The smallest absolute Gasteiger partial charge is 0.328 e. The normalized spacial score (nSPS) is 19.2. The van der Waals surface area contributed by atoms with Gasteiger partial charge in [0.1, 0.15) is 6.04 Å². The quantitative estimate of drug-likeness (QED) is 0.760. The summed E-state index contributed by atoms with van der Waals surface area (Å²) in [5, 5.41) is 2.66. The largest absolute Gasteiger partial charge is 0.464 e. The fourth-order valence-electron chi connectivity index (χ4n) is 1.65. The van der Waals surface area contributed by atoms with Gasteiger partial charge in [-0.05, 0) is 5.56 Å². The highest BCUT2D eigenvalue weighted by Gasteiger charge is 2.27. The lowest BCUT2D eigenvalue weighted by Gasteiger charge is -2.08. The maximum absolute atomic E-state index is 11.6. The minimum absolute atomic E-state index is 0.143. The van der Waals surface area contributed by atoms with Crippen molar-refractivity contribution in [2.75, 3.05) is 6.61 Å². The van der Waals surface area contributed by atoms with Crippen molar-refractivity contribution in [2.24, 2.45) is 0 Å². The molecule has 1 fully saturated rings. The first-order valence-corrected chi connectivity index (χ1v) is 5.25. The molecule has 1 aliphatic rings.